The minimum absolute atomic E-state index is 0.0505. The molecule has 2 N–H and O–H groups in total. The Morgan fingerprint density at radius 1 is 1.10 bits per heavy atom. The molecule has 2 bridgehead atoms. The number of fused-ring (bicyclic) bond motifs is 5. The summed E-state index contributed by atoms with van der Waals surface area (Å²) >= 11 is 0. The second-order valence-electron chi connectivity index (χ2n) is 7.34. The molecule has 122 valence electrons. The molecule has 5 unspecified atom stereocenters. The highest BCUT2D eigenvalue weighted by atomic mass is 16.5. The van der Waals surface area contributed by atoms with Crippen molar-refractivity contribution in [3.05, 3.63) is 0 Å². The van der Waals surface area contributed by atoms with Crippen LogP contribution in [0.15, 0.2) is 0 Å². The number of hydrogen-bond donors (Lipinski definition) is 2. The van der Waals surface area contributed by atoms with E-state index >= 15 is 0 Å². The van der Waals surface area contributed by atoms with Gasteiger partial charge in [0.1, 0.15) is 0 Å². The summed E-state index contributed by atoms with van der Waals surface area (Å²) in [6, 6.07) is 0. The first-order chi connectivity index (χ1) is 10.2. The highest BCUT2D eigenvalue weighted by Crippen LogP contribution is 2.67. The van der Waals surface area contributed by atoms with Crippen LogP contribution in [-0.4, -0.2) is 49.4 Å². The van der Waals surface area contributed by atoms with Gasteiger partial charge in [0.25, 0.3) is 0 Å². The first-order valence-corrected chi connectivity index (χ1v) is 8.69. The van der Waals surface area contributed by atoms with Crippen molar-refractivity contribution in [2.75, 3.05) is 33.0 Å². The zero-order valence-electron chi connectivity index (χ0n) is 13.0. The van der Waals surface area contributed by atoms with Crippen LogP contribution in [0.4, 0.5) is 0 Å². The van der Waals surface area contributed by atoms with E-state index in [0.29, 0.717) is 31.8 Å². The van der Waals surface area contributed by atoms with E-state index in [9.17, 15) is 5.11 Å². The molecular formula is C17H30O4. The van der Waals surface area contributed by atoms with Crippen LogP contribution in [0.5, 0.6) is 0 Å². The molecule has 3 saturated carbocycles. The van der Waals surface area contributed by atoms with Gasteiger partial charge in [0, 0.05) is 0 Å². The third-order valence-corrected chi connectivity index (χ3v) is 6.20. The zero-order valence-corrected chi connectivity index (χ0v) is 13.0. The van der Waals surface area contributed by atoms with E-state index in [4.69, 9.17) is 14.6 Å². The van der Waals surface area contributed by atoms with Crippen molar-refractivity contribution in [3.63, 3.8) is 0 Å². The molecular weight excluding hydrogens is 268 g/mol. The molecule has 0 aromatic rings. The van der Waals surface area contributed by atoms with Gasteiger partial charge in [-0.15, -0.1) is 0 Å². The van der Waals surface area contributed by atoms with Crippen LogP contribution in [0, 0.1) is 23.2 Å². The van der Waals surface area contributed by atoms with Crippen molar-refractivity contribution in [1.82, 2.24) is 0 Å². The van der Waals surface area contributed by atoms with E-state index in [1.54, 1.807) is 0 Å². The summed E-state index contributed by atoms with van der Waals surface area (Å²) in [7, 11) is 0. The van der Waals surface area contributed by atoms with Crippen molar-refractivity contribution >= 4 is 0 Å². The predicted molar refractivity (Wildman–Crippen MR) is 80.0 cm³/mol. The molecule has 4 heteroatoms. The van der Waals surface area contributed by atoms with Crippen LogP contribution in [0.2, 0.25) is 0 Å². The Morgan fingerprint density at radius 2 is 1.95 bits per heavy atom. The second kappa shape index (κ2) is 6.95. The fourth-order valence-corrected chi connectivity index (χ4v) is 5.58. The van der Waals surface area contributed by atoms with Crippen LogP contribution in [0.3, 0.4) is 0 Å². The van der Waals surface area contributed by atoms with Crippen LogP contribution >= 0.6 is 0 Å². The lowest BCUT2D eigenvalue weighted by Crippen LogP contribution is -2.33. The molecule has 0 aromatic carbocycles. The molecule has 5 atom stereocenters. The summed E-state index contributed by atoms with van der Waals surface area (Å²) in [5.74, 6) is 2.81. The van der Waals surface area contributed by atoms with Gasteiger partial charge in [0.05, 0.1) is 39.1 Å². The SMILES string of the molecule is OCCOCCOCC(O)CC12CCC(C1)C1CCCC12. The van der Waals surface area contributed by atoms with Crippen molar-refractivity contribution in [2.45, 2.75) is 51.0 Å². The highest BCUT2D eigenvalue weighted by Gasteiger charge is 2.58. The molecule has 0 aromatic heterocycles. The summed E-state index contributed by atoms with van der Waals surface area (Å²) in [5, 5.41) is 18.9. The van der Waals surface area contributed by atoms with Gasteiger partial charge in [-0.3, -0.25) is 0 Å². The van der Waals surface area contributed by atoms with Crippen LogP contribution in [-0.2, 0) is 9.47 Å². The first kappa shape index (κ1) is 15.7. The van der Waals surface area contributed by atoms with Crippen molar-refractivity contribution in [1.29, 1.82) is 0 Å². The molecule has 0 aliphatic heterocycles. The van der Waals surface area contributed by atoms with Gasteiger partial charge in [-0.2, -0.15) is 0 Å². The Kier molecular flexibility index (Phi) is 5.20. The van der Waals surface area contributed by atoms with Gasteiger partial charge >= 0.3 is 0 Å². The van der Waals surface area contributed by atoms with E-state index < -0.39 is 0 Å². The number of rotatable bonds is 9. The maximum Gasteiger partial charge on any atom is 0.0779 e. The Bertz CT molecular complexity index is 335. The van der Waals surface area contributed by atoms with E-state index in [0.717, 1.165) is 24.2 Å². The minimum atomic E-state index is -0.332. The monoisotopic (exact) mass is 298 g/mol. The quantitative estimate of drug-likeness (QED) is 0.639. The number of hydrogen-bond acceptors (Lipinski definition) is 4. The van der Waals surface area contributed by atoms with E-state index in [2.05, 4.69) is 0 Å². The third-order valence-electron chi connectivity index (χ3n) is 6.20. The lowest BCUT2D eigenvalue weighted by Gasteiger charge is -2.37. The second-order valence-corrected chi connectivity index (χ2v) is 7.34. The Hall–Kier alpha value is -0.160. The fraction of sp³-hybridized carbons (Fsp3) is 1.00. The molecule has 0 spiro atoms. The molecule has 0 saturated heterocycles. The summed E-state index contributed by atoms with van der Waals surface area (Å²) < 4.78 is 10.7. The molecule has 0 radical (unpaired) electrons. The lowest BCUT2D eigenvalue weighted by molar-refractivity contribution is -0.0243. The van der Waals surface area contributed by atoms with Gasteiger partial charge in [-0.1, -0.05) is 6.42 Å². The first-order valence-electron chi connectivity index (χ1n) is 8.69. The van der Waals surface area contributed by atoms with Crippen molar-refractivity contribution < 1.29 is 19.7 Å². The standard InChI is InChI=1S/C17H30O4/c18-6-7-20-8-9-21-12-14(19)11-17-5-4-13(10-17)15-2-1-3-16(15)17/h13-16,18-19H,1-12H2. The van der Waals surface area contributed by atoms with Crippen LogP contribution in [0.1, 0.15) is 44.9 Å². The molecule has 4 nitrogen and oxygen atoms in total. The largest absolute Gasteiger partial charge is 0.394 e. The molecule has 21 heavy (non-hydrogen) atoms. The van der Waals surface area contributed by atoms with Crippen molar-refractivity contribution in [3.8, 4) is 0 Å². The minimum Gasteiger partial charge on any atom is -0.394 e. The Morgan fingerprint density at radius 3 is 2.81 bits per heavy atom. The predicted octanol–water partition coefficient (Wildman–Crippen LogP) is 1.98. The molecule has 3 fully saturated rings. The Labute approximate surface area is 127 Å². The van der Waals surface area contributed by atoms with Gasteiger partial charge in [-0.25, -0.2) is 0 Å². The maximum absolute atomic E-state index is 10.3. The van der Waals surface area contributed by atoms with Crippen LogP contribution < -0.4 is 0 Å². The average molecular weight is 298 g/mol. The van der Waals surface area contributed by atoms with Crippen LogP contribution in [0.25, 0.3) is 0 Å². The Balaban J connectivity index is 1.39. The molecule has 3 aliphatic carbocycles. The normalized spacial score (nSPS) is 38.9. The van der Waals surface area contributed by atoms with E-state index in [-0.39, 0.29) is 12.7 Å². The van der Waals surface area contributed by atoms with E-state index in [1.165, 1.54) is 38.5 Å². The molecule has 0 heterocycles. The van der Waals surface area contributed by atoms with Gasteiger partial charge < -0.3 is 19.7 Å². The van der Waals surface area contributed by atoms with E-state index in [1.807, 2.05) is 0 Å². The van der Waals surface area contributed by atoms with Gasteiger partial charge in [0.15, 0.2) is 0 Å². The smallest absolute Gasteiger partial charge is 0.0779 e. The third kappa shape index (κ3) is 3.29. The number of aliphatic hydroxyl groups excluding tert-OH is 2. The van der Waals surface area contributed by atoms with Gasteiger partial charge in [-0.05, 0) is 61.7 Å². The summed E-state index contributed by atoms with van der Waals surface area (Å²) in [6.07, 6.45) is 8.92. The van der Waals surface area contributed by atoms with Gasteiger partial charge in [0.2, 0.25) is 0 Å². The molecule has 0 amide bonds. The molecule has 3 aliphatic rings. The lowest BCUT2D eigenvalue weighted by atomic mass is 9.69. The fourth-order valence-electron chi connectivity index (χ4n) is 5.58. The highest BCUT2D eigenvalue weighted by molar-refractivity contribution is 5.08. The number of ether oxygens (including phenoxy) is 2. The summed E-state index contributed by atoms with van der Waals surface area (Å²) in [6.45, 7) is 1.82. The summed E-state index contributed by atoms with van der Waals surface area (Å²) in [5.41, 5.74) is 0.433. The molecule has 3 rings (SSSR count). The topological polar surface area (TPSA) is 58.9 Å². The maximum atomic E-state index is 10.3. The summed E-state index contributed by atoms with van der Waals surface area (Å²) in [4.78, 5) is 0. The van der Waals surface area contributed by atoms with Crippen molar-refractivity contribution in [2.24, 2.45) is 23.2 Å². The average Bonchev–Trinajstić information content (AvgIpc) is 3.14. The zero-order chi connectivity index (χ0) is 14.7. The number of aliphatic hydroxyl groups is 2.